The highest BCUT2D eigenvalue weighted by molar-refractivity contribution is 7.21. The van der Waals surface area contributed by atoms with Gasteiger partial charge in [-0.2, -0.15) is 0 Å². The number of aryl methyl sites for hydroxylation is 4. The SMILES string of the molecule is CCCc1c(C(=O)Nc2c(C)cc(C)cc2C)sc2ccccc12. The molecule has 1 amide bonds. The van der Waals surface area contributed by atoms with E-state index in [-0.39, 0.29) is 5.91 Å². The fourth-order valence-corrected chi connectivity index (χ4v) is 4.47. The molecule has 1 heterocycles. The van der Waals surface area contributed by atoms with E-state index in [1.807, 2.05) is 26.0 Å². The molecule has 3 aromatic rings. The normalized spacial score (nSPS) is 11.0. The van der Waals surface area contributed by atoms with Gasteiger partial charge in [-0.15, -0.1) is 11.3 Å². The first kappa shape index (κ1) is 16.7. The number of anilines is 1. The number of nitrogens with one attached hydrogen (secondary N) is 1. The molecule has 0 radical (unpaired) electrons. The summed E-state index contributed by atoms with van der Waals surface area (Å²) >= 11 is 1.59. The Hall–Kier alpha value is -2.13. The minimum Gasteiger partial charge on any atom is -0.321 e. The first-order valence-corrected chi connectivity index (χ1v) is 9.22. The van der Waals surface area contributed by atoms with Crippen LogP contribution in [0.2, 0.25) is 0 Å². The number of thiophene rings is 1. The van der Waals surface area contributed by atoms with E-state index in [0.717, 1.165) is 34.5 Å². The number of amides is 1. The molecule has 0 unspecified atom stereocenters. The molecule has 0 spiro atoms. The van der Waals surface area contributed by atoms with Crippen LogP contribution in [0.15, 0.2) is 36.4 Å². The second-order valence-electron chi connectivity index (χ2n) is 6.38. The van der Waals surface area contributed by atoms with Gasteiger partial charge < -0.3 is 5.32 Å². The molecule has 1 N–H and O–H groups in total. The van der Waals surface area contributed by atoms with Gasteiger partial charge in [-0.1, -0.05) is 49.2 Å². The molecule has 0 saturated carbocycles. The second kappa shape index (κ2) is 6.78. The zero-order valence-electron chi connectivity index (χ0n) is 14.7. The van der Waals surface area contributed by atoms with Crippen molar-refractivity contribution in [1.82, 2.24) is 0 Å². The number of carbonyl (C=O) groups is 1. The highest BCUT2D eigenvalue weighted by atomic mass is 32.1. The van der Waals surface area contributed by atoms with Crippen LogP contribution >= 0.6 is 11.3 Å². The summed E-state index contributed by atoms with van der Waals surface area (Å²) in [5, 5.41) is 4.37. The lowest BCUT2D eigenvalue weighted by atomic mass is 10.0. The second-order valence-corrected chi connectivity index (χ2v) is 7.44. The number of benzene rings is 2. The lowest BCUT2D eigenvalue weighted by Gasteiger charge is -2.13. The standard InChI is InChI=1S/C21H23NOS/c1-5-8-17-16-9-6-7-10-18(16)24-20(17)21(23)22-19-14(3)11-13(2)12-15(19)4/h6-7,9-12H,5,8H2,1-4H3,(H,22,23). The van der Waals surface area contributed by atoms with E-state index in [9.17, 15) is 4.79 Å². The maximum Gasteiger partial charge on any atom is 0.266 e. The van der Waals surface area contributed by atoms with E-state index < -0.39 is 0 Å². The van der Waals surface area contributed by atoms with Crippen molar-refractivity contribution in [3.05, 3.63) is 63.5 Å². The Balaban J connectivity index is 2.02. The molecule has 2 aromatic carbocycles. The third kappa shape index (κ3) is 3.09. The van der Waals surface area contributed by atoms with Crippen molar-refractivity contribution in [2.45, 2.75) is 40.5 Å². The molecule has 0 aliphatic heterocycles. The number of fused-ring (bicyclic) bond motifs is 1. The molecule has 124 valence electrons. The van der Waals surface area contributed by atoms with Crippen LogP contribution in [-0.2, 0) is 6.42 Å². The van der Waals surface area contributed by atoms with Crippen molar-refractivity contribution < 1.29 is 4.79 Å². The molecule has 0 atom stereocenters. The molecular weight excluding hydrogens is 314 g/mol. The summed E-state index contributed by atoms with van der Waals surface area (Å²) in [6, 6.07) is 12.5. The van der Waals surface area contributed by atoms with Gasteiger partial charge in [0.1, 0.15) is 0 Å². The van der Waals surface area contributed by atoms with Gasteiger partial charge in [-0.25, -0.2) is 0 Å². The monoisotopic (exact) mass is 337 g/mol. The molecule has 2 nitrogen and oxygen atoms in total. The highest BCUT2D eigenvalue weighted by Gasteiger charge is 2.19. The summed E-state index contributed by atoms with van der Waals surface area (Å²) in [7, 11) is 0. The van der Waals surface area contributed by atoms with Gasteiger partial charge in [-0.3, -0.25) is 4.79 Å². The minimum absolute atomic E-state index is 0.00898. The molecule has 3 rings (SSSR count). The van der Waals surface area contributed by atoms with Crippen LogP contribution in [0.5, 0.6) is 0 Å². The van der Waals surface area contributed by atoms with Crippen LogP contribution in [0, 0.1) is 20.8 Å². The summed E-state index contributed by atoms with van der Waals surface area (Å²) in [5.41, 5.74) is 5.55. The fourth-order valence-electron chi connectivity index (χ4n) is 3.33. The van der Waals surface area contributed by atoms with Crippen LogP contribution in [0.1, 0.15) is 45.3 Å². The smallest absolute Gasteiger partial charge is 0.266 e. The van der Waals surface area contributed by atoms with Crippen molar-refractivity contribution in [1.29, 1.82) is 0 Å². The van der Waals surface area contributed by atoms with Gasteiger partial charge in [0.25, 0.3) is 5.91 Å². The Bertz CT molecular complexity index is 884. The van der Waals surface area contributed by atoms with Gasteiger partial charge in [0.05, 0.1) is 4.88 Å². The van der Waals surface area contributed by atoms with Crippen LogP contribution in [0.25, 0.3) is 10.1 Å². The topological polar surface area (TPSA) is 29.1 Å². The summed E-state index contributed by atoms with van der Waals surface area (Å²) in [5.74, 6) is 0.00898. The number of hydrogen-bond acceptors (Lipinski definition) is 2. The Labute approximate surface area is 147 Å². The first-order chi connectivity index (χ1) is 11.5. The van der Waals surface area contributed by atoms with Crippen molar-refractivity contribution in [2.75, 3.05) is 5.32 Å². The lowest BCUT2D eigenvalue weighted by molar-refractivity contribution is 0.102. The Morgan fingerprint density at radius 2 is 1.75 bits per heavy atom. The van der Waals surface area contributed by atoms with E-state index in [2.05, 4.69) is 43.4 Å². The van der Waals surface area contributed by atoms with Gasteiger partial charge in [0, 0.05) is 10.4 Å². The van der Waals surface area contributed by atoms with Crippen LogP contribution in [0.4, 0.5) is 5.69 Å². The third-order valence-corrected chi connectivity index (χ3v) is 5.53. The predicted molar refractivity (Wildman–Crippen MR) is 104 cm³/mol. The molecule has 0 bridgehead atoms. The zero-order chi connectivity index (χ0) is 17.3. The quantitative estimate of drug-likeness (QED) is 0.618. The van der Waals surface area contributed by atoms with Crippen molar-refractivity contribution in [2.24, 2.45) is 0 Å². The first-order valence-electron chi connectivity index (χ1n) is 8.41. The fraction of sp³-hybridized carbons (Fsp3) is 0.286. The van der Waals surface area contributed by atoms with E-state index in [1.54, 1.807) is 11.3 Å². The number of carbonyl (C=O) groups excluding carboxylic acids is 1. The van der Waals surface area contributed by atoms with Gasteiger partial charge in [0.15, 0.2) is 0 Å². The summed E-state index contributed by atoms with van der Waals surface area (Å²) in [4.78, 5) is 13.8. The third-order valence-electron chi connectivity index (χ3n) is 4.32. The molecule has 3 heteroatoms. The van der Waals surface area contributed by atoms with E-state index >= 15 is 0 Å². The largest absolute Gasteiger partial charge is 0.321 e. The van der Waals surface area contributed by atoms with Crippen molar-refractivity contribution in [3.8, 4) is 0 Å². The maximum absolute atomic E-state index is 13.0. The molecule has 0 aliphatic rings. The van der Waals surface area contributed by atoms with Crippen molar-refractivity contribution >= 4 is 33.0 Å². The minimum atomic E-state index is 0.00898. The van der Waals surface area contributed by atoms with Gasteiger partial charge in [0.2, 0.25) is 0 Å². The highest BCUT2D eigenvalue weighted by Crippen LogP contribution is 2.33. The molecular formula is C21H23NOS. The molecule has 24 heavy (non-hydrogen) atoms. The average molecular weight is 337 g/mol. The Morgan fingerprint density at radius 3 is 2.42 bits per heavy atom. The van der Waals surface area contributed by atoms with Gasteiger partial charge >= 0.3 is 0 Å². The predicted octanol–water partition coefficient (Wildman–Crippen LogP) is 6.03. The zero-order valence-corrected chi connectivity index (χ0v) is 15.5. The van der Waals surface area contributed by atoms with E-state index in [1.165, 1.54) is 21.2 Å². The van der Waals surface area contributed by atoms with Crippen LogP contribution in [-0.4, -0.2) is 5.91 Å². The van der Waals surface area contributed by atoms with E-state index in [0.29, 0.717) is 0 Å². The molecule has 0 fully saturated rings. The summed E-state index contributed by atoms with van der Waals surface area (Å²) in [6.07, 6.45) is 1.96. The lowest BCUT2D eigenvalue weighted by Crippen LogP contribution is -2.14. The molecule has 1 aromatic heterocycles. The molecule has 0 aliphatic carbocycles. The van der Waals surface area contributed by atoms with E-state index in [4.69, 9.17) is 0 Å². The number of hydrogen-bond donors (Lipinski definition) is 1. The summed E-state index contributed by atoms with van der Waals surface area (Å²) in [6.45, 7) is 8.33. The van der Waals surface area contributed by atoms with Gasteiger partial charge in [-0.05, 0) is 55.3 Å². The van der Waals surface area contributed by atoms with Crippen LogP contribution in [0.3, 0.4) is 0 Å². The Morgan fingerprint density at radius 1 is 1.08 bits per heavy atom. The van der Waals surface area contributed by atoms with Crippen LogP contribution < -0.4 is 5.32 Å². The average Bonchev–Trinajstić information content (AvgIpc) is 2.90. The number of rotatable bonds is 4. The summed E-state index contributed by atoms with van der Waals surface area (Å²) < 4.78 is 1.18. The van der Waals surface area contributed by atoms with Crippen molar-refractivity contribution in [3.63, 3.8) is 0 Å². The molecule has 0 saturated heterocycles. The Kier molecular flexibility index (Phi) is 4.72. The maximum atomic E-state index is 13.0.